The predicted molar refractivity (Wildman–Crippen MR) is 85.2 cm³/mol. The Morgan fingerprint density at radius 2 is 2.10 bits per heavy atom. The number of Topliss-reactive ketones (excluding diaryl/α,β-unsaturated/α-hetero) is 1. The van der Waals surface area contributed by atoms with E-state index in [-0.39, 0.29) is 18.0 Å². The van der Waals surface area contributed by atoms with Crippen molar-refractivity contribution >= 4 is 30.6 Å². The number of allylic oxidation sites excluding steroid dienone is 4. The number of hydrogen-bond donors (Lipinski definition) is 1. The van der Waals surface area contributed by atoms with Crippen LogP contribution in [0.3, 0.4) is 0 Å². The van der Waals surface area contributed by atoms with Crippen LogP contribution in [-0.2, 0) is 4.79 Å². The van der Waals surface area contributed by atoms with Crippen molar-refractivity contribution in [2.24, 2.45) is 4.99 Å². The molecule has 0 aliphatic carbocycles. The summed E-state index contributed by atoms with van der Waals surface area (Å²) in [6, 6.07) is 6.65. The van der Waals surface area contributed by atoms with Gasteiger partial charge < -0.3 is 4.74 Å². The summed E-state index contributed by atoms with van der Waals surface area (Å²) in [6.45, 7) is 0. The average Bonchev–Trinajstić information content (AvgIpc) is 2.76. The molecule has 0 saturated carbocycles. The van der Waals surface area contributed by atoms with Crippen molar-refractivity contribution in [3.63, 3.8) is 0 Å². The van der Waals surface area contributed by atoms with Crippen LogP contribution in [-0.4, -0.2) is 23.7 Å². The van der Waals surface area contributed by atoms with Crippen molar-refractivity contribution < 1.29 is 14.3 Å². The van der Waals surface area contributed by atoms with E-state index in [0.717, 1.165) is 0 Å². The van der Waals surface area contributed by atoms with E-state index in [1.165, 1.54) is 0 Å². The van der Waals surface area contributed by atoms with Gasteiger partial charge in [-0.15, -0.1) is 0 Å². The fourth-order valence-electron chi connectivity index (χ4n) is 1.77. The van der Waals surface area contributed by atoms with Crippen LogP contribution in [0.5, 0.6) is 5.75 Å². The van der Waals surface area contributed by atoms with Gasteiger partial charge in [-0.2, -0.15) is 12.6 Å². The molecule has 0 fully saturated rings. The molecule has 0 radical (unpaired) electrons. The first-order valence-corrected chi connectivity index (χ1v) is 7.20. The van der Waals surface area contributed by atoms with E-state index in [4.69, 9.17) is 4.74 Å². The summed E-state index contributed by atoms with van der Waals surface area (Å²) < 4.78 is 5.22. The number of hydrogen-bond acceptors (Lipinski definition) is 5. The molecule has 0 atom stereocenters. The standard InChI is InChI=1S/C16H15NO3S/c18-15(9-11-21)20-14-8-4-3-6-12(14)16(19)13-7-2-1-5-10-17-13/h1-4,6-8,10,21H,5,9,11H2. The Bertz CT molecular complexity index is 632. The second-order valence-corrected chi connectivity index (χ2v) is 4.75. The number of nitrogens with zero attached hydrogens (tertiary/aromatic N) is 1. The third-order valence-corrected chi connectivity index (χ3v) is 2.99. The number of carbonyl (C=O) groups excluding carboxylic acids is 2. The average molecular weight is 301 g/mol. The molecule has 0 saturated heterocycles. The lowest BCUT2D eigenvalue weighted by Crippen LogP contribution is -2.12. The Morgan fingerprint density at radius 3 is 2.90 bits per heavy atom. The SMILES string of the molecule is O=C(CCS)Oc1ccccc1C(=O)C1=CC=CCC=N1. The van der Waals surface area contributed by atoms with Crippen molar-refractivity contribution in [2.75, 3.05) is 5.75 Å². The molecule has 1 aromatic rings. The first-order valence-electron chi connectivity index (χ1n) is 6.57. The van der Waals surface area contributed by atoms with E-state index in [9.17, 15) is 9.59 Å². The summed E-state index contributed by atoms with van der Waals surface area (Å²) >= 11 is 3.98. The maximum absolute atomic E-state index is 12.5. The smallest absolute Gasteiger partial charge is 0.312 e. The molecule has 0 spiro atoms. The highest BCUT2D eigenvalue weighted by atomic mass is 32.1. The molecule has 21 heavy (non-hydrogen) atoms. The van der Waals surface area contributed by atoms with Gasteiger partial charge in [0.05, 0.1) is 12.0 Å². The monoisotopic (exact) mass is 301 g/mol. The number of thiol groups is 1. The first-order chi connectivity index (χ1) is 10.2. The molecule has 4 nitrogen and oxygen atoms in total. The number of carbonyl (C=O) groups is 2. The minimum Gasteiger partial charge on any atom is -0.426 e. The van der Waals surface area contributed by atoms with E-state index in [1.54, 1.807) is 42.6 Å². The molecule has 1 aromatic carbocycles. The molecule has 1 aliphatic rings. The molecule has 1 heterocycles. The normalized spacial score (nSPS) is 13.5. The largest absolute Gasteiger partial charge is 0.426 e. The zero-order valence-electron chi connectivity index (χ0n) is 11.4. The van der Waals surface area contributed by atoms with Gasteiger partial charge in [-0.1, -0.05) is 24.3 Å². The van der Waals surface area contributed by atoms with E-state index < -0.39 is 5.97 Å². The lowest BCUT2D eigenvalue weighted by Gasteiger charge is -2.08. The molecular weight excluding hydrogens is 286 g/mol. The Labute approximate surface area is 128 Å². The van der Waals surface area contributed by atoms with Gasteiger partial charge in [0.1, 0.15) is 11.4 Å². The van der Waals surface area contributed by atoms with Crippen molar-refractivity contribution in [3.05, 3.63) is 53.8 Å². The zero-order valence-corrected chi connectivity index (χ0v) is 12.3. The fourth-order valence-corrected chi connectivity index (χ4v) is 1.96. The third kappa shape index (κ3) is 4.16. The number of benzene rings is 1. The van der Waals surface area contributed by atoms with Crippen molar-refractivity contribution in [1.82, 2.24) is 0 Å². The van der Waals surface area contributed by atoms with E-state index in [2.05, 4.69) is 17.6 Å². The maximum atomic E-state index is 12.5. The number of rotatable bonds is 5. The number of ether oxygens (including phenoxy) is 1. The third-order valence-electron chi connectivity index (χ3n) is 2.77. The van der Waals surface area contributed by atoms with Crippen LogP contribution < -0.4 is 4.74 Å². The quantitative estimate of drug-likeness (QED) is 0.394. The molecule has 1 aliphatic heterocycles. The van der Waals surface area contributed by atoms with Gasteiger partial charge in [0.25, 0.3) is 0 Å². The van der Waals surface area contributed by atoms with E-state index in [0.29, 0.717) is 23.4 Å². The van der Waals surface area contributed by atoms with Gasteiger partial charge in [0.15, 0.2) is 0 Å². The minimum atomic E-state index is -0.413. The zero-order chi connectivity index (χ0) is 15.1. The summed E-state index contributed by atoms with van der Waals surface area (Å²) in [4.78, 5) is 28.2. The number of para-hydroxylation sites is 1. The first kappa shape index (κ1) is 15.3. The van der Waals surface area contributed by atoms with Gasteiger partial charge in [0, 0.05) is 18.4 Å². The molecule has 2 rings (SSSR count). The molecule has 0 bridgehead atoms. The Morgan fingerprint density at radius 1 is 1.29 bits per heavy atom. The van der Waals surface area contributed by atoms with Gasteiger partial charge in [-0.05, 0) is 18.2 Å². The Kier molecular flexibility index (Phi) is 5.51. The van der Waals surface area contributed by atoms with Gasteiger partial charge in [-0.25, -0.2) is 0 Å². The Hall–Kier alpha value is -2.14. The van der Waals surface area contributed by atoms with Gasteiger partial charge >= 0.3 is 5.97 Å². The molecule has 0 N–H and O–H groups in total. The van der Waals surface area contributed by atoms with Crippen LogP contribution in [0.4, 0.5) is 0 Å². The van der Waals surface area contributed by atoms with E-state index >= 15 is 0 Å². The predicted octanol–water partition coefficient (Wildman–Crippen LogP) is 3.01. The summed E-state index contributed by atoms with van der Waals surface area (Å²) in [7, 11) is 0. The Balaban J connectivity index is 2.27. The van der Waals surface area contributed by atoms with Gasteiger partial charge in [0.2, 0.25) is 5.78 Å². The lowest BCUT2D eigenvalue weighted by molar-refractivity contribution is -0.133. The molecule has 0 aromatic heterocycles. The number of esters is 1. The molecule has 108 valence electrons. The topological polar surface area (TPSA) is 55.7 Å². The second-order valence-electron chi connectivity index (χ2n) is 4.30. The minimum absolute atomic E-state index is 0.190. The van der Waals surface area contributed by atoms with Crippen LogP contribution in [0.15, 0.2) is 53.2 Å². The summed E-state index contributed by atoms with van der Waals surface area (Å²) in [6.07, 6.45) is 7.89. The van der Waals surface area contributed by atoms with Crippen molar-refractivity contribution in [3.8, 4) is 5.75 Å². The summed E-state index contributed by atoms with van der Waals surface area (Å²) in [5, 5.41) is 0. The lowest BCUT2D eigenvalue weighted by atomic mass is 10.1. The highest BCUT2D eigenvalue weighted by molar-refractivity contribution is 7.80. The van der Waals surface area contributed by atoms with Gasteiger partial charge in [-0.3, -0.25) is 14.6 Å². The molecule has 0 amide bonds. The van der Waals surface area contributed by atoms with Crippen LogP contribution in [0.1, 0.15) is 23.2 Å². The molecule has 5 heteroatoms. The molecule has 0 unspecified atom stereocenters. The van der Waals surface area contributed by atoms with Crippen LogP contribution in [0.25, 0.3) is 0 Å². The van der Waals surface area contributed by atoms with Crippen molar-refractivity contribution in [2.45, 2.75) is 12.8 Å². The van der Waals surface area contributed by atoms with Crippen LogP contribution >= 0.6 is 12.6 Å². The van der Waals surface area contributed by atoms with Crippen molar-refractivity contribution in [1.29, 1.82) is 0 Å². The van der Waals surface area contributed by atoms with Crippen LogP contribution in [0, 0.1) is 0 Å². The number of aliphatic imine (C=N–C) groups is 1. The summed E-state index contributed by atoms with van der Waals surface area (Å²) in [5.41, 5.74) is 0.644. The van der Waals surface area contributed by atoms with E-state index in [1.807, 2.05) is 6.08 Å². The number of ketones is 1. The molecular formula is C16H15NO3S. The maximum Gasteiger partial charge on any atom is 0.312 e. The fraction of sp³-hybridized carbons (Fsp3) is 0.188. The second kappa shape index (κ2) is 7.59. The highest BCUT2D eigenvalue weighted by Crippen LogP contribution is 2.23. The summed E-state index contributed by atoms with van der Waals surface area (Å²) in [5.74, 6) is -0.0379. The highest BCUT2D eigenvalue weighted by Gasteiger charge is 2.18. The van der Waals surface area contributed by atoms with Crippen LogP contribution in [0.2, 0.25) is 0 Å².